The number of amides is 2. The van der Waals surface area contributed by atoms with Crippen LogP contribution >= 0.6 is 0 Å². The number of unbranched alkanes of at least 4 members (excludes halogenated alkanes) is 3. The van der Waals surface area contributed by atoms with E-state index in [4.69, 9.17) is 5.73 Å². The lowest BCUT2D eigenvalue weighted by Gasteiger charge is -2.10. The summed E-state index contributed by atoms with van der Waals surface area (Å²) in [4.78, 5) is 10.6. The van der Waals surface area contributed by atoms with Crippen molar-refractivity contribution in [1.82, 2.24) is 5.43 Å². The minimum absolute atomic E-state index is 0.566. The summed E-state index contributed by atoms with van der Waals surface area (Å²) in [6.07, 6.45) is 9.80. The van der Waals surface area contributed by atoms with Gasteiger partial charge < -0.3 is 5.73 Å². The first kappa shape index (κ1) is 13.0. The van der Waals surface area contributed by atoms with Crippen LogP contribution < -0.4 is 11.2 Å². The van der Waals surface area contributed by atoms with E-state index in [-0.39, 0.29) is 0 Å². The quantitative estimate of drug-likeness (QED) is 0.529. The van der Waals surface area contributed by atoms with E-state index in [0.29, 0.717) is 5.92 Å². The van der Waals surface area contributed by atoms with Crippen molar-refractivity contribution in [2.24, 2.45) is 16.8 Å². The highest BCUT2D eigenvalue weighted by atomic mass is 16.2. The maximum absolute atomic E-state index is 10.6. The van der Waals surface area contributed by atoms with Crippen LogP contribution in [0, 0.1) is 5.92 Å². The van der Waals surface area contributed by atoms with Crippen molar-refractivity contribution < 1.29 is 4.79 Å². The number of nitrogens with zero attached hydrogens (tertiary/aromatic N) is 1. The van der Waals surface area contributed by atoms with E-state index < -0.39 is 6.03 Å². The van der Waals surface area contributed by atoms with Crippen LogP contribution in [0.2, 0.25) is 0 Å². The van der Waals surface area contributed by atoms with E-state index >= 15 is 0 Å². The van der Waals surface area contributed by atoms with Crippen molar-refractivity contribution in [2.45, 2.75) is 58.3 Å². The molecule has 0 saturated heterocycles. The van der Waals surface area contributed by atoms with Crippen molar-refractivity contribution in [3.05, 3.63) is 0 Å². The third-order valence-corrected chi connectivity index (χ3v) is 3.17. The minimum atomic E-state index is -0.566. The Morgan fingerprint density at radius 2 is 2.31 bits per heavy atom. The molecule has 0 heterocycles. The van der Waals surface area contributed by atoms with Crippen LogP contribution in [-0.2, 0) is 0 Å². The number of hydrogen-bond donors (Lipinski definition) is 2. The lowest BCUT2D eigenvalue weighted by atomic mass is 9.98. The van der Waals surface area contributed by atoms with Gasteiger partial charge in [0.05, 0.1) is 0 Å². The molecule has 1 aliphatic rings. The van der Waals surface area contributed by atoms with Crippen LogP contribution in [0.15, 0.2) is 5.10 Å². The number of nitrogens with two attached hydrogens (primary N) is 1. The monoisotopic (exact) mass is 225 g/mol. The molecular weight excluding hydrogens is 202 g/mol. The molecule has 1 rings (SSSR count). The predicted octanol–water partition coefficient (Wildman–Crippen LogP) is 2.78. The molecule has 0 bridgehead atoms. The van der Waals surface area contributed by atoms with Crippen LogP contribution in [-0.4, -0.2) is 11.7 Å². The van der Waals surface area contributed by atoms with Crippen molar-refractivity contribution in [3.8, 4) is 0 Å². The molecule has 1 saturated carbocycles. The number of hydrazone groups is 1. The van der Waals surface area contributed by atoms with Crippen molar-refractivity contribution in [2.75, 3.05) is 0 Å². The van der Waals surface area contributed by atoms with Crippen LogP contribution in [0.5, 0.6) is 0 Å². The zero-order chi connectivity index (χ0) is 11.8. The summed E-state index contributed by atoms with van der Waals surface area (Å²) in [5.41, 5.74) is 8.48. The van der Waals surface area contributed by atoms with Crippen molar-refractivity contribution >= 4 is 11.7 Å². The van der Waals surface area contributed by atoms with Crippen molar-refractivity contribution in [1.29, 1.82) is 0 Å². The molecule has 4 nitrogen and oxygen atoms in total. The van der Waals surface area contributed by atoms with Crippen LogP contribution in [0.3, 0.4) is 0 Å². The molecule has 0 aromatic heterocycles. The van der Waals surface area contributed by atoms with Gasteiger partial charge in [-0.1, -0.05) is 32.6 Å². The molecule has 1 fully saturated rings. The number of carbonyl (C=O) groups excluding carboxylic acids is 1. The fraction of sp³-hybridized carbons (Fsp3) is 0.833. The Hall–Kier alpha value is -1.06. The maximum atomic E-state index is 10.6. The number of rotatable bonds is 6. The average Bonchev–Trinajstić information content (AvgIpc) is 2.69. The Morgan fingerprint density at radius 1 is 1.50 bits per heavy atom. The molecule has 0 aromatic rings. The third kappa shape index (κ3) is 4.64. The molecule has 16 heavy (non-hydrogen) atoms. The number of nitrogens with one attached hydrogen (secondary N) is 1. The molecule has 1 atom stereocenters. The second kappa shape index (κ2) is 7.25. The van der Waals surface area contributed by atoms with Gasteiger partial charge in [-0.15, -0.1) is 0 Å². The normalized spacial score (nSPS) is 22.6. The van der Waals surface area contributed by atoms with Gasteiger partial charge in [-0.2, -0.15) is 5.10 Å². The van der Waals surface area contributed by atoms with E-state index in [1.807, 2.05) is 0 Å². The summed E-state index contributed by atoms with van der Waals surface area (Å²) in [6.45, 7) is 2.22. The van der Waals surface area contributed by atoms with Gasteiger partial charge in [0.15, 0.2) is 0 Å². The molecule has 92 valence electrons. The minimum Gasteiger partial charge on any atom is -0.350 e. The molecule has 3 N–H and O–H groups in total. The van der Waals surface area contributed by atoms with Gasteiger partial charge in [0, 0.05) is 5.71 Å². The Labute approximate surface area is 97.7 Å². The fourth-order valence-corrected chi connectivity index (χ4v) is 2.30. The van der Waals surface area contributed by atoms with E-state index in [9.17, 15) is 4.79 Å². The summed E-state index contributed by atoms with van der Waals surface area (Å²) in [5, 5.41) is 4.10. The SMILES string of the molecule is CCCCCCC1CCC/C1=N\NC(N)=O. The first-order chi connectivity index (χ1) is 7.74. The van der Waals surface area contributed by atoms with E-state index in [1.165, 1.54) is 44.9 Å². The Kier molecular flexibility index (Phi) is 5.90. The molecular formula is C12H23N3O. The molecule has 2 amide bonds. The fourth-order valence-electron chi connectivity index (χ4n) is 2.30. The molecule has 4 heteroatoms. The summed E-state index contributed by atoms with van der Waals surface area (Å²) >= 11 is 0. The smallest absolute Gasteiger partial charge is 0.332 e. The maximum Gasteiger partial charge on any atom is 0.332 e. The summed E-state index contributed by atoms with van der Waals surface area (Å²) in [6, 6.07) is -0.566. The zero-order valence-corrected chi connectivity index (χ0v) is 10.2. The second-order valence-electron chi connectivity index (χ2n) is 4.52. The highest BCUT2D eigenvalue weighted by molar-refractivity contribution is 5.89. The van der Waals surface area contributed by atoms with Gasteiger partial charge in [-0.05, 0) is 31.6 Å². The number of urea groups is 1. The molecule has 0 aromatic carbocycles. The molecule has 0 radical (unpaired) electrons. The lowest BCUT2D eigenvalue weighted by molar-refractivity contribution is 0.249. The first-order valence-electron chi connectivity index (χ1n) is 6.36. The Morgan fingerprint density at radius 3 is 3.00 bits per heavy atom. The van der Waals surface area contributed by atoms with Crippen molar-refractivity contribution in [3.63, 3.8) is 0 Å². The van der Waals surface area contributed by atoms with Crippen LogP contribution in [0.25, 0.3) is 0 Å². The summed E-state index contributed by atoms with van der Waals surface area (Å²) < 4.78 is 0. The number of primary amides is 1. The average molecular weight is 225 g/mol. The van der Waals surface area contributed by atoms with Crippen LogP contribution in [0.1, 0.15) is 58.3 Å². The van der Waals surface area contributed by atoms with Gasteiger partial charge in [-0.25, -0.2) is 10.2 Å². The summed E-state index contributed by atoms with van der Waals surface area (Å²) in [5.74, 6) is 0.573. The highest BCUT2D eigenvalue weighted by Gasteiger charge is 2.22. The van der Waals surface area contributed by atoms with E-state index in [1.54, 1.807) is 0 Å². The summed E-state index contributed by atoms with van der Waals surface area (Å²) in [7, 11) is 0. The third-order valence-electron chi connectivity index (χ3n) is 3.17. The first-order valence-corrected chi connectivity index (χ1v) is 6.36. The zero-order valence-electron chi connectivity index (χ0n) is 10.2. The number of hydrogen-bond acceptors (Lipinski definition) is 2. The standard InChI is InChI=1S/C12H23N3O/c1-2-3-4-5-7-10-8-6-9-11(10)14-15-12(13)16/h10H,2-9H2,1H3,(H3,13,15,16)/b14-11+. The van der Waals surface area contributed by atoms with Gasteiger partial charge in [0.2, 0.25) is 0 Å². The van der Waals surface area contributed by atoms with E-state index in [2.05, 4.69) is 17.5 Å². The Balaban J connectivity index is 2.28. The molecule has 1 aliphatic carbocycles. The molecule has 0 spiro atoms. The highest BCUT2D eigenvalue weighted by Crippen LogP contribution is 2.27. The molecule has 0 aliphatic heterocycles. The van der Waals surface area contributed by atoms with Gasteiger partial charge >= 0.3 is 6.03 Å². The predicted molar refractivity (Wildman–Crippen MR) is 66.3 cm³/mol. The lowest BCUT2D eigenvalue weighted by Crippen LogP contribution is -2.26. The van der Waals surface area contributed by atoms with E-state index in [0.717, 1.165) is 12.1 Å². The second-order valence-corrected chi connectivity index (χ2v) is 4.52. The number of carbonyl (C=O) groups is 1. The van der Waals surface area contributed by atoms with Gasteiger partial charge in [-0.3, -0.25) is 0 Å². The van der Waals surface area contributed by atoms with Crippen LogP contribution in [0.4, 0.5) is 4.79 Å². The van der Waals surface area contributed by atoms with Gasteiger partial charge in [0.1, 0.15) is 0 Å². The largest absolute Gasteiger partial charge is 0.350 e. The topological polar surface area (TPSA) is 67.5 Å². The molecule has 1 unspecified atom stereocenters. The Bertz CT molecular complexity index is 251. The van der Waals surface area contributed by atoms with Gasteiger partial charge in [0.25, 0.3) is 0 Å².